The number of hydrogen-bond donors (Lipinski definition) is 0. The highest BCUT2D eigenvalue weighted by atomic mass is 16.5. The molecule has 0 aromatic heterocycles. The van der Waals surface area contributed by atoms with Crippen molar-refractivity contribution < 1.29 is 9.53 Å². The van der Waals surface area contributed by atoms with Crippen molar-refractivity contribution in [3.05, 3.63) is 65.2 Å². The van der Waals surface area contributed by atoms with Gasteiger partial charge >= 0.3 is 5.97 Å². The van der Waals surface area contributed by atoms with E-state index in [-0.39, 0.29) is 5.97 Å². The summed E-state index contributed by atoms with van der Waals surface area (Å²) in [6, 6.07) is 16.3. The van der Waals surface area contributed by atoms with E-state index in [0.717, 1.165) is 12.3 Å². The molecule has 0 unspecified atom stereocenters. The molecule has 0 heterocycles. The molecule has 0 N–H and O–H groups in total. The number of ether oxygens (including phenoxy) is 1. The second kappa shape index (κ2) is 16.6. The Bertz CT molecular complexity index is 844. The van der Waals surface area contributed by atoms with E-state index < -0.39 is 0 Å². The number of hydrogen-bond acceptors (Lipinski definition) is 2. The summed E-state index contributed by atoms with van der Waals surface area (Å²) in [7, 11) is 0. The van der Waals surface area contributed by atoms with Crippen LogP contribution in [0.2, 0.25) is 0 Å². The number of benzene rings is 2. The summed E-state index contributed by atoms with van der Waals surface area (Å²) in [5, 5.41) is 0. The highest BCUT2D eigenvalue weighted by molar-refractivity contribution is 5.91. The van der Waals surface area contributed by atoms with Crippen molar-refractivity contribution in [1.82, 2.24) is 0 Å². The van der Waals surface area contributed by atoms with Gasteiger partial charge in [-0.15, -0.1) is 0 Å². The smallest absolute Gasteiger partial charge is 0.343 e. The molecule has 1 aliphatic rings. The molecule has 1 saturated carbocycles. The molecule has 0 amide bonds. The lowest BCUT2D eigenvalue weighted by Crippen LogP contribution is -2.13. The molecule has 0 radical (unpaired) electrons. The zero-order valence-corrected chi connectivity index (χ0v) is 23.1. The predicted octanol–water partition coefficient (Wildman–Crippen LogP) is 10.4. The molecule has 0 bridgehead atoms. The second-order valence-corrected chi connectivity index (χ2v) is 11.1. The first kappa shape index (κ1) is 28.5. The van der Waals surface area contributed by atoms with E-state index in [1.54, 1.807) is 0 Å². The lowest BCUT2D eigenvalue weighted by molar-refractivity contribution is 0.0734. The zero-order chi connectivity index (χ0) is 25.4. The third-order valence-electron chi connectivity index (χ3n) is 8.13. The molecule has 1 fully saturated rings. The van der Waals surface area contributed by atoms with E-state index in [9.17, 15) is 4.79 Å². The number of carbonyl (C=O) groups excluding carboxylic acids is 1. The van der Waals surface area contributed by atoms with Gasteiger partial charge in [0.05, 0.1) is 5.56 Å². The quantitative estimate of drug-likeness (QED) is 0.133. The molecule has 2 aromatic rings. The maximum Gasteiger partial charge on any atom is 0.343 e. The van der Waals surface area contributed by atoms with Crippen LogP contribution in [0, 0.1) is 5.92 Å². The fourth-order valence-electron chi connectivity index (χ4n) is 5.71. The maximum absolute atomic E-state index is 12.6. The monoisotopic (exact) mass is 490 g/mol. The summed E-state index contributed by atoms with van der Waals surface area (Å²) in [6.45, 7) is 4.55. The first-order chi connectivity index (χ1) is 17.7. The first-order valence-corrected chi connectivity index (χ1v) is 15.1. The van der Waals surface area contributed by atoms with Crippen LogP contribution in [0.1, 0.15) is 144 Å². The summed E-state index contributed by atoms with van der Waals surface area (Å²) in [4.78, 5) is 12.6. The van der Waals surface area contributed by atoms with Gasteiger partial charge in [-0.3, -0.25) is 0 Å². The molecule has 2 nitrogen and oxygen atoms in total. The molecule has 0 spiro atoms. The number of aryl methyl sites for hydroxylation is 1. The van der Waals surface area contributed by atoms with E-state index in [4.69, 9.17) is 4.74 Å². The molecule has 198 valence electrons. The minimum absolute atomic E-state index is 0.269. The molecule has 0 atom stereocenters. The van der Waals surface area contributed by atoms with Crippen LogP contribution in [-0.2, 0) is 6.42 Å². The molecule has 1 aliphatic carbocycles. The first-order valence-electron chi connectivity index (χ1n) is 15.1. The van der Waals surface area contributed by atoms with Crippen molar-refractivity contribution in [3.63, 3.8) is 0 Å². The minimum atomic E-state index is -0.269. The highest BCUT2D eigenvalue weighted by Crippen LogP contribution is 2.38. The van der Waals surface area contributed by atoms with Gasteiger partial charge < -0.3 is 4.74 Å². The Kier molecular flexibility index (Phi) is 13.1. The van der Waals surface area contributed by atoms with Gasteiger partial charge in [0.25, 0.3) is 0 Å². The molecule has 0 saturated heterocycles. The Morgan fingerprint density at radius 1 is 0.694 bits per heavy atom. The van der Waals surface area contributed by atoms with Crippen LogP contribution in [0.5, 0.6) is 5.75 Å². The third kappa shape index (κ3) is 10.1. The number of unbranched alkanes of at least 4 members (excludes halogenated alkanes) is 9. The summed E-state index contributed by atoms with van der Waals surface area (Å²) in [5.41, 5.74) is 3.33. The fourth-order valence-corrected chi connectivity index (χ4v) is 5.71. The molecule has 3 rings (SSSR count). The van der Waals surface area contributed by atoms with E-state index in [2.05, 4.69) is 38.1 Å². The molecule has 2 heteroatoms. The van der Waals surface area contributed by atoms with Crippen molar-refractivity contribution in [1.29, 1.82) is 0 Å². The number of esters is 1. The van der Waals surface area contributed by atoms with Crippen LogP contribution in [-0.4, -0.2) is 5.97 Å². The third-order valence-corrected chi connectivity index (χ3v) is 8.13. The normalized spacial score (nSPS) is 17.7. The van der Waals surface area contributed by atoms with Gasteiger partial charge in [-0.2, -0.15) is 0 Å². The van der Waals surface area contributed by atoms with E-state index in [0.29, 0.717) is 17.2 Å². The van der Waals surface area contributed by atoms with Gasteiger partial charge in [0.15, 0.2) is 0 Å². The minimum Gasteiger partial charge on any atom is -0.423 e. The maximum atomic E-state index is 12.6. The van der Waals surface area contributed by atoms with Gasteiger partial charge in [0, 0.05) is 0 Å². The van der Waals surface area contributed by atoms with Gasteiger partial charge in [-0.05, 0) is 85.8 Å². The number of rotatable bonds is 16. The van der Waals surface area contributed by atoms with E-state index in [1.165, 1.54) is 114 Å². The SMILES string of the molecule is CCCCCCCCCCc1ccc(C(=O)Oc2ccc(C3CCC(CCCCC)CC3)cc2)cc1. The van der Waals surface area contributed by atoms with Crippen molar-refractivity contribution >= 4 is 5.97 Å². The molecular formula is C34H50O2. The Morgan fingerprint density at radius 3 is 1.92 bits per heavy atom. The summed E-state index contributed by atoms with van der Waals surface area (Å²) >= 11 is 0. The Balaban J connectivity index is 1.36. The van der Waals surface area contributed by atoms with E-state index in [1.807, 2.05) is 24.3 Å². The van der Waals surface area contributed by atoms with Gasteiger partial charge in [-0.25, -0.2) is 4.79 Å². The lowest BCUT2D eigenvalue weighted by Gasteiger charge is -2.29. The van der Waals surface area contributed by atoms with Crippen molar-refractivity contribution in [2.45, 2.75) is 129 Å². The summed E-state index contributed by atoms with van der Waals surface area (Å²) in [6.07, 6.45) is 22.6. The zero-order valence-electron chi connectivity index (χ0n) is 23.1. The fraction of sp³-hybridized carbons (Fsp3) is 0.618. The Labute approximate surface area is 221 Å². The molecule has 0 aliphatic heterocycles. The lowest BCUT2D eigenvalue weighted by atomic mass is 9.77. The standard InChI is InChI=1S/C34H50O2/c1-3-5-7-8-9-10-11-13-15-29-18-22-32(23-19-29)34(35)36-33-26-24-31(25-27-33)30-20-16-28(17-21-30)14-12-6-4-2/h18-19,22-28,30H,3-17,20-21H2,1-2H3. The topological polar surface area (TPSA) is 26.3 Å². The predicted molar refractivity (Wildman–Crippen MR) is 153 cm³/mol. The van der Waals surface area contributed by atoms with Gasteiger partial charge in [0.2, 0.25) is 0 Å². The average Bonchev–Trinajstić information content (AvgIpc) is 2.91. The molecular weight excluding hydrogens is 440 g/mol. The Hall–Kier alpha value is -2.09. The van der Waals surface area contributed by atoms with Crippen molar-refractivity contribution in [3.8, 4) is 5.75 Å². The number of carbonyl (C=O) groups is 1. The summed E-state index contributed by atoms with van der Waals surface area (Å²) < 4.78 is 5.67. The molecule has 36 heavy (non-hydrogen) atoms. The van der Waals surface area contributed by atoms with Crippen molar-refractivity contribution in [2.24, 2.45) is 5.92 Å². The highest BCUT2D eigenvalue weighted by Gasteiger charge is 2.22. The summed E-state index contributed by atoms with van der Waals surface area (Å²) in [5.74, 6) is 1.96. The molecule has 2 aromatic carbocycles. The average molecular weight is 491 g/mol. The largest absolute Gasteiger partial charge is 0.423 e. The van der Waals surface area contributed by atoms with E-state index >= 15 is 0 Å². The Morgan fingerprint density at radius 2 is 1.28 bits per heavy atom. The van der Waals surface area contributed by atoms with Crippen LogP contribution in [0.25, 0.3) is 0 Å². The second-order valence-electron chi connectivity index (χ2n) is 11.1. The van der Waals surface area contributed by atoms with Crippen LogP contribution < -0.4 is 4.74 Å². The van der Waals surface area contributed by atoms with Gasteiger partial charge in [0.1, 0.15) is 5.75 Å². The van der Waals surface area contributed by atoms with Crippen LogP contribution >= 0.6 is 0 Å². The van der Waals surface area contributed by atoms with Crippen LogP contribution in [0.4, 0.5) is 0 Å². The van der Waals surface area contributed by atoms with Crippen molar-refractivity contribution in [2.75, 3.05) is 0 Å². The van der Waals surface area contributed by atoms with Crippen LogP contribution in [0.15, 0.2) is 48.5 Å². The van der Waals surface area contributed by atoms with Crippen LogP contribution in [0.3, 0.4) is 0 Å². The van der Waals surface area contributed by atoms with Gasteiger partial charge in [-0.1, -0.05) is 109 Å².